The lowest BCUT2D eigenvalue weighted by Gasteiger charge is -2.29. The number of thioether (sulfide) groups is 1. The fourth-order valence-corrected chi connectivity index (χ4v) is 3.86. The van der Waals surface area contributed by atoms with Gasteiger partial charge in [0.25, 0.3) is 0 Å². The number of aryl methyl sites for hydroxylation is 2. The van der Waals surface area contributed by atoms with E-state index < -0.39 is 0 Å². The lowest BCUT2D eigenvalue weighted by atomic mass is 10.0. The standard InChI is InChI=1S/C19H22OS/c1-14-3-7-16(8-4-14)19-13-18(11-12-20-19)21-17-9-5-15(2)6-10-17/h3-10,18-19H,11-13H2,1-2H3/t18-,19+/m0/s1. The van der Waals surface area contributed by atoms with Gasteiger partial charge in [-0.15, -0.1) is 11.8 Å². The predicted molar refractivity (Wildman–Crippen MR) is 89.9 cm³/mol. The third-order valence-corrected chi connectivity index (χ3v) is 5.31. The molecule has 1 nitrogen and oxygen atoms in total. The number of hydrogen-bond acceptors (Lipinski definition) is 2. The SMILES string of the molecule is Cc1ccc(S[C@H]2CCO[C@@H](c3ccc(C)cc3)C2)cc1. The number of benzene rings is 2. The first-order valence-electron chi connectivity index (χ1n) is 7.62. The van der Waals surface area contributed by atoms with Crippen LogP contribution in [-0.4, -0.2) is 11.9 Å². The summed E-state index contributed by atoms with van der Waals surface area (Å²) in [4.78, 5) is 1.37. The van der Waals surface area contributed by atoms with Crippen LogP contribution in [0.15, 0.2) is 53.4 Å². The Bertz CT molecular complexity index is 574. The Morgan fingerprint density at radius 2 is 1.52 bits per heavy atom. The van der Waals surface area contributed by atoms with E-state index in [0.29, 0.717) is 5.25 Å². The second-order valence-electron chi connectivity index (χ2n) is 5.85. The smallest absolute Gasteiger partial charge is 0.0835 e. The molecule has 0 unspecified atom stereocenters. The summed E-state index contributed by atoms with van der Waals surface area (Å²) in [6, 6.07) is 17.6. The first kappa shape index (κ1) is 14.7. The van der Waals surface area contributed by atoms with Gasteiger partial charge in [0.2, 0.25) is 0 Å². The molecule has 0 N–H and O–H groups in total. The van der Waals surface area contributed by atoms with Crippen LogP contribution < -0.4 is 0 Å². The molecule has 0 amide bonds. The van der Waals surface area contributed by atoms with Gasteiger partial charge < -0.3 is 4.74 Å². The lowest BCUT2D eigenvalue weighted by molar-refractivity contribution is 0.0178. The second-order valence-corrected chi connectivity index (χ2v) is 7.22. The van der Waals surface area contributed by atoms with Crippen molar-refractivity contribution < 1.29 is 4.74 Å². The molecule has 1 aliphatic heterocycles. The summed E-state index contributed by atoms with van der Waals surface area (Å²) in [6.45, 7) is 5.12. The highest BCUT2D eigenvalue weighted by Gasteiger charge is 2.24. The minimum atomic E-state index is 0.252. The maximum atomic E-state index is 5.98. The van der Waals surface area contributed by atoms with Gasteiger partial charge >= 0.3 is 0 Å². The van der Waals surface area contributed by atoms with Crippen LogP contribution in [0.25, 0.3) is 0 Å². The van der Waals surface area contributed by atoms with Gasteiger partial charge in [-0.25, -0.2) is 0 Å². The molecule has 2 atom stereocenters. The van der Waals surface area contributed by atoms with Gasteiger partial charge in [-0.2, -0.15) is 0 Å². The van der Waals surface area contributed by atoms with Gasteiger partial charge in [-0.3, -0.25) is 0 Å². The van der Waals surface area contributed by atoms with E-state index in [1.54, 1.807) is 0 Å². The number of hydrogen-bond donors (Lipinski definition) is 0. The number of ether oxygens (including phenoxy) is 1. The van der Waals surface area contributed by atoms with E-state index >= 15 is 0 Å². The summed E-state index contributed by atoms with van der Waals surface area (Å²) >= 11 is 1.99. The van der Waals surface area contributed by atoms with E-state index in [0.717, 1.165) is 19.4 Å². The van der Waals surface area contributed by atoms with Crippen molar-refractivity contribution >= 4 is 11.8 Å². The van der Waals surface area contributed by atoms with Gasteiger partial charge in [0.15, 0.2) is 0 Å². The molecule has 0 radical (unpaired) electrons. The van der Waals surface area contributed by atoms with E-state index in [1.165, 1.54) is 21.6 Å². The van der Waals surface area contributed by atoms with Crippen LogP contribution in [-0.2, 0) is 4.74 Å². The van der Waals surface area contributed by atoms with E-state index in [-0.39, 0.29) is 6.10 Å². The fraction of sp³-hybridized carbons (Fsp3) is 0.368. The van der Waals surface area contributed by atoms with Crippen LogP contribution >= 0.6 is 11.8 Å². The Morgan fingerprint density at radius 3 is 2.19 bits per heavy atom. The zero-order valence-corrected chi connectivity index (χ0v) is 13.5. The van der Waals surface area contributed by atoms with Crippen molar-refractivity contribution in [1.29, 1.82) is 0 Å². The summed E-state index contributed by atoms with van der Waals surface area (Å²) in [7, 11) is 0. The largest absolute Gasteiger partial charge is 0.373 e. The molecular weight excluding hydrogens is 276 g/mol. The first-order chi connectivity index (χ1) is 10.2. The molecule has 21 heavy (non-hydrogen) atoms. The molecule has 2 aromatic rings. The molecule has 0 spiro atoms. The highest BCUT2D eigenvalue weighted by atomic mass is 32.2. The third kappa shape index (κ3) is 3.90. The van der Waals surface area contributed by atoms with Crippen LogP contribution in [0, 0.1) is 13.8 Å². The molecule has 1 saturated heterocycles. The van der Waals surface area contributed by atoms with Crippen molar-refractivity contribution in [2.45, 2.75) is 42.9 Å². The van der Waals surface area contributed by atoms with Gasteiger partial charge in [0.1, 0.15) is 0 Å². The van der Waals surface area contributed by atoms with Crippen LogP contribution in [0.3, 0.4) is 0 Å². The molecule has 0 aliphatic carbocycles. The van der Waals surface area contributed by atoms with Crippen molar-refractivity contribution in [3.05, 3.63) is 65.2 Å². The van der Waals surface area contributed by atoms with Crippen molar-refractivity contribution in [2.75, 3.05) is 6.61 Å². The van der Waals surface area contributed by atoms with Crippen LogP contribution in [0.2, 0.25) is 0 Å². The Hall–Kier alpha value is -1.25. The Morgan fingerprint density at radius 1 is 0.905 bits per heavy atom. The van der Waals surface area contributed by atoms with Crippen LogP contribution in [0.4, 0.5) is 0 Å². The summed E-state index contributed by atoms with van der Waals surface area (Å²) in [5.41, 5.74) is 3.94. The van der Waals surface area contributed by atoms with Crippen molar-refractivity contribution in [3.8, 4) is 0 Å². The predicted octanol–water partition coefficient (Wildman–Crippen LogP) is 5.32. The molecule has 2 aromatic carbocycles. The maximum Gasteiger partial charge on any atom is 0.0835 e. The summed E-state index contributed by atoms with van der Waals surface area (Å²) in [5.74, 6) is 0. The molecule has 1 heterocycles. The Labute approximate surface area is 131 Å². The zero-order valence-electron chi connectivity index (χ0n) is 12.7. The summed E-state index contributed by atoms with van der Waals surface area (Å²) in [5, 5.41) is 0.646. The minimum absolute atomic E-state index is 0.252. The molecular formula is C19H22OS. The lowest BCUT2D eigenvalue weighted by Crippen LogP contribution is -2.21. The van der Waals surface area contributed by atoms with E-state index in [4.69, 9.17) is 4.74 Å². The summed E-state index contributed by atoms with van der Waals surface area (Å²) in [6.07, 6.45) is 2.49. The molecule has 0 aromatic heterocycles. The van der Waals surface area contributed by atoms with Crippen molar-refractivity contribution in [2.24, 2.45) is 0 Å². The highest BCUT2D eigenvalue weighted by Crippen LogP contribution is 2.37. The first-order valence-corrected chi connectivity index (χ1v) is 8.50. The minimum Gasteiger partial charge on any atom is -0.373 e. The molecule has 0 saturated carbocycles. The van der Waals surface area contributed by atoms with E-state index in [9.17, 15) is 0 Å². The van der Waals surface area contributed by atoms with E-state index in [1.807, 2.05) is 11.8 Å². The summed E-state index contributed by atoms with van der Waals surface area (Å²) < 4.78 is 5.98. The number of rotatable bonds is 3. The quantitative estimate of drug-likeness (QED) is 0.759. The van der Waals surface area contributed by atoms with Crippen molar-refractivity contribution in [1.82, 2.24) is 0 Å². The van der Waals surface area contributed by atoms with Gasteiger partial charge in [0.05, 0.1) is 6.10 Å². The average molecular weight is 298 g/mol. The molecule has 2 heteroatoms. The Balaban J connectivity index is 1.65. The molecule has 0 bridgehead atoms. The van der Waals surface area contributed by atoms with E-state index in [2.05, 4.69) is 62.4 Å². The fourth-order valence-electron chi connectivity index (χ4n) is 2.70. The van der Waals surface area contributed by atoms with Crippen LogP contribution in [0.1, 0.15) is 35.6 Å². The second kappa shape index (κ2) is 6.67. The van der Waals surface area contributed by atoms with Crippen LogP contribution in [0.5, 0.6) is 0 Å². The molecule has 1 aliphatic rings. The normalized spacial score (nSPS) is 22.2. The highest BCUT2D eigenvalue weighted by molar-refractivity contribution is 8.00. The van der Waals surface area contributed by atoms with Gasteiger partial charge in [0, 0.05) is 16.8 Å². The third-order valence-electron chi connectivity index (χ3n) is 4.01. The topological polar surface area (TPSA) is 9.23 Å². The zero-order chi connectivity index (χ0) is 14.7. The average Bonchev–Trinajstić information content (AvgIpc) is 2.51. The maximum absolute atomic E-state index is 5.98. The molecule has 3 rings (SSSR count). The monoisotopic (exact) mass is 298 g/mol. The van der Waals surface area contributed by atoms with Gasteiger partial charge in [-0.05, 0) is 44.4 Å². The van der Waals surface area contributed by atoms with Gasteiger partial charge in [-0.1, -0.05) is 47.5 Å². The Kier molecular flexibility index (Phi) is 4.67. The van der Waals surface area contributed by atoms with Crippen molar-refractivity contribution in [3.63, 3.8) is 0 Å². The molecule has 1 fully saturated rings. The molecule has 110 valence electrons.